The molecule has 12 nitrogen and oxygen atoms in total. The van der Waals surface area contributed by atoms with Crippen LogP contribution in [-0.2, 0) is 25.7 Å². The topological polar surface area (TPSA) is 149 Å². The van der Waals surface area contributed by atoms with E-state index in [1.165, 1.54) is 0 Å². The van der Waals surface area contributed by atoms with Crippen molar-refractivity contribution in [1.29, 1.82) is 0 Å². The number of thioether (sulfide) groups is 1. The first-order valence-electron chi connectivity index (χ1n) is 21.6. The van der Waals surface area contributed by atoms with E-state index in [9.17, 15) is 20.1 Å². The van der Waals surface area contributed by atoms with E-state index in [0.717, 1.165) is 47.3 Å². The number of carbonyl (C=O) groups excluding carboxylic acids is 1. The molecule has 6 atom stereocenters. The van der Waals surface area contributed by atoms with Crippen molar-refractivity contribution in [3.63, 3.8) is 0 Å². The molecule has 1 aliphatic heterocycles. The first kappa shape index (κ1) is 47.4. The minimum Gasteiger partial charge on any atom is -0.459 e. The lowest BCUT2D eigenvalue weighted by molar-refractivity contribution is -0.256. The van der Waals surface area contributed by atoms with Gasteiger partial charge in [0.2, 0.25) is 5.79 Å². The molecule has 14 heteroatoms. The summed E-state index contributed by atoms with van der Waals surface area (Å²) in [6.45, 7) is 4.60. The van der Waals surface area contributed by atoms with Crippen LogP contribution in [0, 0.1) is 17.8 Å². The molecule has 336 valence electrons. The number of aliphatic hydroxyl groups excluding tert-OH is 3. The lowest BCUT2D eigenvalue weighted by Gasteiger charge is -2.59. The van der Waals surface area contributed by atoms with Gasteiger partial charge < -0.3 is 43.8 Å². The molecule has 0 bridgehead atoms. The number of allylic oxidation sites excluding steroid dienone is 1. The fourth-order valence-corrected chi connectivity index (χ4v) is 9.65. The first-order chi connectivity index (χ1) is 30.4. The molecule has 1 amide bonds. The van der Waals surface area contributed by atoms with E-state index < -0.39 is 23.8 Å². The highest BCUT2D eigenvalue weighted by atomic mass is 35.5. The molecule has 1 fully saturated rings. The SMILES string of the molecule is C=CCO[C@@]12Oc3ccc(Oc4ccc(SC)cc4)cc3[C@H]3[C@H](CCCCO)[C@@H](CCCCO)C=C(C(=NOCc4ccccc4)C[C@@H]1N(CCOCCO)C(=O)OCCCl)[C@H]32. The number of carbonyl (C=O) groups is 1. The molecule has 0 spiro atoms. The maximum Gasteiger partial charge on any atom is 0.410 e. The van der Waals surface area contributed by atoms with Gasteiger partial charge in [0.15, 0.2) is 0 Å². The Morgan fingerprint density at radius 1 is 0.968 bits per heavy atom. The van der Waals surface area contributed by atoms with Crippen LogP contribution >= 0.6 is 23.4 Å². The third kappa shape index (κ3) is 11.5. The third-order valence-corrected chi connectivity index (χ3v) is 12.7. The van der Waals surface area contributed by atoms with E-state index in [1.54, 1.807) is 22.7 Å². The van der Waals surface area contributed by atoms with E-state index in [0.29, 0.717) is 35.8 Å². The Bertz CT molecular complexity index is 1930. The molecule has 0 radical (unpaired) electrons. The van der Waals surface area contributed by atoms with Crippen LogP contribution in [0.15, 0.2) is 107 Å². The second-order valence-corrected chi connectivity index (χ2v) is 16.9. The van der Waals surface area contributed by atoms with Crippen molar-refractivity contribution in [3.05, 3.63) is 108 Å². The largest absolute Gasteiger partial charge is 0.459 e. The van der Waals surface area contributed by atoms with Gasteiger partial charge in [-0.1, -0.05) is 60.5 Å². The minimum atomic E-state index is -1.49. The van der Waals surface area contributed by atoms with Gasteiger partial charge in [-0.3, -0.25) is 4.90 Å². The van der Waals surface area contributed by atoms with Crippen LogP contribution in [0.1, 0.15) is 62.0 Å². The van der Waals surface area contributed by atoms with E-state index in [1.807, 2.05) is 73.0 Å². The number of aliphatic hydroxyl groups is 3. The number of nitrogens with zero attached hydrogens (tertiary/aromatic N) is 2. The molecule has 62 heavy (non-hydrogen) atoms. The van der Waals surface area contributed by atoms with Crippen molar-refractivity contribution in [3.8, 4) is 17.2 Å². The van der Waals surface area contributed by atoms with Crippen molar-refractivity contribution in [2.24, 2.45) is 22.9 Å². The molecule has 0 unspecified atom stereocenters. The summed E-state index contributed by atoms with van der Waals surface area (Å²) in [6, 6.07) is 22.8. The summed E-state index contributed by atoms with van der Waals surface area (Å²) in [4.78, 5) is 23.2. The fourth-order valence-electron chi connectivity index (χ4n) is 9.16. The minimum absolute atomic E-state index is 0.0190. The summed E-state index contributed by atoms with van der Waals surface area (Å²) in [6.07, 6.45) is 10.1. The number of alkyl halides is 1. The van der Waals surface area contributed by atoms with Gasteiger partial charge in [-0.05, 0) is 97.4 Å². The van der Waals surface area contributed by atoms with Gasteiger partial charge >= 0.3 is 6.09 Å². The Hall–Kier alpha value is -4.08. The van der Waals surface area contributed by atoms with Gasteiger partial charge in [-0.25, -0.2) is 4.79 Å². The monoisotopic (exact) mass is 892 g/mol. The zero-order chi connectivity index (χ0) is 43.7. The van der Waals surface area contributed by atoms with E-state index in [4.69, 9.17) is 45.3 Å². The van der Waals surface area contributed by atoms with Gasteiger partial charge in [0, 0.05) is 42.6 Å². The molecule has 0 aromatic heterocycles. The zero-order valence-electron chi connectivity index (χ0n) is 35.6. The van der Waals surface area contributed by atoms with Crippen LogP contribution < -0.4 is 9.47 Å². The van der Waals surface area contributed by atoms with Crippen molar-refractivity contribution >= 4 is 35.2 Å². The van der Waals surface area contributed by atoms with Crippen molar-refractivity contribution in [2.75, 3.05) is 64.9 Å². The highest BCUT2D eigenvalue weighted by molar-refractivity contribution is 7.98. The fraction of sp³-hybridized carbons (Fsp3) is 0.500. The standard InChI is InChI=1S/C48H61ClN2O10S/c1-3-26-58-48-44(51(22-28-56-29-25-54)47(55)57-27-21-49)32-42(50-59-33-34-11-5-4-6-12-34)40-30-35(13-7-9-23-52)39(14-8-10-24-53)45(46(40)48)41-31-37(17-20-43(41)61-48)60-36-15-18-38(62-2)19-16-36/h3-6,11-12,15-20,30-31,35,39,44-46,52-54H,1,7-10,13-14,21-29,32-33H2,2H3/t35-,39+,44-,45+,46+,48+/m0/s1. The molecule has 3 aromatic rings. The Balaban J connectivity index is 1.57. The van der Waals surface area contributed by atoms with Gasteiger partial charge in [-0.15, -0.1) is 29.9 Å². The van der Waals surface area contributed by atoms with Crippen LogP contribution in [-0.4, -0.2) is 109 Å². The maximum absolute atomic E-state index is 14.3. The molecule has 6 rings (SSSR count). The normalized spacial score (nSPS) is 23.1. The average Bonchev–Trinajstić information content (AvgIpc) is 3.29. The van der Waals surface area contributed by atoms with Crippen molar-refractivity contribution < 1.29 is 48.6 Å². The van der Waals surface area contributed by atoms with Gasteiger partial charge in [0.25, 0.3) is 0 Å². The maximum atomic E-state index is 14.3. The Kier molecular flexibility index (Phi) is 18.4. The van der Waals surface area contributed by atoms with Crippen LogP contribution in [0.4, 0.5) is 4.79 Å². The molecule has 2 aliphatic carbocycles. The second-order valence-electron chi connectivity index (χ2n) is 15.6. The summed E-state index contributed by atoms with van der Waals surface area (Å²) in [5.41, 5.74) is 3.45. The number of benzene rings is 3. The Labute approximate surface area is 374 Å². The molecule has 1 heterocycles. The van der Waals surface area contributed by atoms with Crippen molar-refractivity contribution in [2.45, 2.75) is 74.2 Å². The molecular formula is C48H61ClN2O10S. The number of rotatable bonds is 25. The van der Waals surface area contributed by atoms with Crippen LogP contribution in [0.25, 0.3) is 0 Å². The number of ether oxygens (including phenoxy) is 5. The quantitative estimate of drug-likeness (QED) is 0.0247. The first-order valence-corrected chi connectivity index (χ1v) is 23.4. The highest BCUT2D eigenvalue weighted by Gasteiger charge is 2.65. The number of hydrogen-bond donors (Lipinski definition) is 3. The number of amides is 1. The summed E-state index contributed by atoms with van der Waals surface area (Å²) in [5.74, 6) is -0.157. The summed E-state index contributed by atoms with van der Waals surface area (Å²) in [5, 5.41) is 34.3. The Morgan fingerprint density at radius 2 is 1.73 bits per heavy atom. The van der Waals surface area contributed by atoms with Crippen molar-refractivity contribution in [1.82, 2.24) is 4.90 Å². The van der Waals surface area contributed by atoms with Gasteiger partial charge in [0.05, 0.1) is 43.9 Å². The van der Waals surface area contributed by atoms with Gasteiger partial charge in [-0.2, -0.15) is 0 Å². The van der Waals surface area contributed by atoms with E-state index in [2.05, 4.69) is 18.7 Å². The summed E-state index contributed by atoms with van der Waals surface area (Å²) >= 11 is 7.71. The highest BCUT2D eigenvalue weighted by Crippen LogP contribution is 2.62. The molecule has 3 aliphatic rings. The lowest BCUT2D eigenvalue weighted by Crippen LogP contribution is -2.70. The number of halogens is 1. The predicted molar refractivity (Wildman–Crippen MR) is 241 cm³/mol. The Morgan fingerprint density at radius 3 is 2.44 bits per heavy atom. The third-order valence-electron chi connectivity index (χ3n) is 11.8. The van der Waals surface area contributed by atoms with E-state index in [-0.39, 0.29) is 89.5 Å². The molecule has 3 aromatic carbocycles. The summed E-state index contributed by atoms with van der Waals surface area (Å²) < 4.78 is 32.3. The molecule has 0 saturated heterocycles. The molecular weight excluding hydrogens is 832 g/mol. The average molecular weight is 894 g/mol. The number of unbranched alkanes of at least 4 members (excludes halogenated alkanes) is 2. The van der Waals surface area contributed by atoms with Crippen LogP contribution in [0.5, 0.6) is 17.2 Å². The number of hydrogen-bond acceptors (Lipinski definition) is 12. The number of oxime groups is 1. The summed E-state index contributed by atoms with van der Waals surface area (Å²) in [7, 11) is 0. The smallest absolute Gasteiger partial charge is 0.410 e. The molecule has 1 saturated carbocycles. The van der Waals surface area contributed by atoms with Crippen LogP contribution in [0.3, 0.4) is 0 Å². The lowest BCUT2D eigenvalue weighted by atomic mass is 9.55. The molecule has 3 N–H and O–H groups in total. The number of fused-ring (bicyclic) bond motifs is 2. The zero-order valence-corrected chi connectivity index (χ0v) is 37.2. The second kappa shape index (κ2) is 24.1. The van der Waals surface area contributed by atoms with E-state index >= 15 is 0 Å². The predicted octanol–water partition coefficient (Wildman–Crippen LogP) is 8.72. The van der Waals surface area contributed by atoms with Crippen LogP contribution in [0.2, 0.25) is 0 Å². The van der Waals surface area contributed by atoms with Gasteiger partial charge in [0.1, 0.15) is 36.5 Å².